The maximum Gasteiger partial charge on any atom is 0.273 e. The Balaban J connectivity index is 1.30. The Kier molecular flexibility index (Phi) is 4.63. The van der Waals surface area contributed by atoms with Gasteiger partial charge in [0.05, 0.1) is 0 Å². The molecule has 4 rings (SSSR count). The highest BCUT2D eigenvalue weighted by molar-refractivity contribution is 5.93. The Labute approximate surface area is 150 Å². The molecule has 0 spiro atoms. The lowest BCUT2D eigenvalue weighted by Crippen LogP contribution is -2.30. The van der Waals surface area contributed by atoms with Crippen LogP contribution < -0.4 is 10.6 Å². The van der Waals surface area contributed by atoms with E-state index in [4.69, 9.17) is 4.52 Å². The summed E-state index contributed by atoms with van der Waals surface area (Å²) in [4.78, 5) is 20.7. The van der Waals surface area contributed by atoms with Gasteiger partial charge in [0, 0.05) is 43.5 Å². The second-order valence-electron chi connectivity index (χ2n) is 6.17. The molecule has 0 aliphatic heterocycles. The summed E-state index contributed by atoms with van der Waals surface area (Å²) in [5.74, 6) is 2.16. The molecule has 1 aliphatic carbocycles. The van der Waals surface area contributed by atoms with Crippen molar-refractivity contribution in [1.29, 1.82) is 0 Å². The number of carbonyl (C=O) groups is 1. The summed E-state index contributed by atoms with van der Waals surface area (Å²) in [7, 11) is 0. The number of aromatic nitrogens is 4. The number of hydrogen-bond donors (Lipinski definition) is 2. The van der Waals surface area contributed by atoms with Gasteiger partial charge in [0.1, 0.15) is 23.7 Å². The molecule has 1 aliphatic rings. The van der Waals surface area contributed by atoms with Crippen LogP contribution in [0.1, 0.15) is 34.7 Å². The molecule has 0 bridgehead atoms. The van der Waals surface area contributed by atoms with Crippen LogP contribution in [-0.4, -0.2) is 38.7 Å². The van der Waals surface area contributed by atoms with Crippen molar-refractivity contribution >= 4 is 11.7 Å². The first-order valence-corrected chi connectivity index (χ1v) is 8.76. The van der Waals surface area contributed by atoms with E-state index in [0.29, 0.717) is 24.6 Å². The molecule has 0 radical (unpaired) electrons. The first kappa shape index (κ1) is 16.3. The molecule has 3 heterocycles. The lowest BCUT2D eigenvalue weighted by Gasteiger charge is -2.10. The van der Waals surface area contributed by atoms with Gasteiger partial charge in [-0.1, -0.05) is 5.16 Å². The average Bonchev–Trinajstić information content (AvgIpc) is 3.35. The topological polar surface area (TPSA) is 97.9 Å². The van der Waals surface area contributed by atoms with E-state index < -0.39 is 0 Å². The zero-order valence-electron chi connectivity index (χ0n) is 14.3. The Morgan fingerprint density at radius 3 is 2.88 bits per heavy atom. The largest absolute Gasteiger partial charge is 0.368 e. The van der Waals surface area contributed by atoms with E-state index in [-0.39, 0.29) is 5.91 Å². The molecular weight excluding hydrogens is 332 g/mol. The summed E-state index contributed by atoms with van der Waals surface area (Å²) in [6, 6.07) is 5.73. The predicted molar refractivity (Wildman–Crippen MR) is 95.3 cm³/mol. The number of anilines is 1. The fourth-order valence-electron chi connectivity index (χ4n) is 3.09. The molecule has 0 atom stereocenters. The Morgan fingerprint density at radius 2 is 2.00 bits per heavy atom. The summed E-state index contributed by atoms with van der Waals surface area (Å²) in [5, 5.41) is 10.0. The van der Waals surface area contributed by atoms with E-state index in [1.54, 1.807) is 0 Å². The molecule has 26 heavy (non-hydrogen) atoms. The molecule has 8 heteroatoms. The van der Waals surface area contributed by atoms with E-state index in [2.05, 4.69) is 25.8 Å². The van der Waals surface area contributed by atoms with E-state index in [1.807, 2.05) is 35.2 Å². The molecular formula is C18H20N6O2. The molecule has 8 nitrogen and oxygen atoms in total. The summed E-state index contributed by atoms with van der Waals surface area (Å²) < 4.78 is 7.19. The fourth-order valence-corrected chi connectivity index (χ4v) is 3.09. The number of carbonyl (C=O) groups excluding carboxylic acids is 1. The van der Waals surface area contributed by atoms with Gasteiger partial charge < -0.3 is 19.7 Å². The lowest BCUT2D eigenvalue weighted by molar-refractivity contribution is 0.0945. The van der Waals surface area contributed by atoms with Gasteiger partial charge in [0.15, 0.2) is 5.69 Å². The maximum absolute atomic E-state index is 12.3. The molecule has 2 N–H and O–H groups in total. The molecule has 3 aromatic heterocycles. The molecule has 134 valence electrons. The second kappa shape index (κ2) is 7.38. The SMILES string of the molecule is O=C(NCCNc1cc(-n2cccc2)ncn1)c1noc2c1CCCC2. The van der Waals surface area contributed by atoms with Crippen molar-refractivity contribution in [3.05, 3.63) is 53.9 Å². The van der Waals surface area contributed by atoms with Crippen molar-refractivity contribution in [3.8, 4) is 5.82 Å². The van der Waals surface area contributed by atoms with Crippen LogP contribution in [0.3, 0.4) is 0 Å². The predicted octanol–water partition coefficient (Wildman–Crippen LogP) is 1.98. The molecule has 0 saturated heterocycles. The zero-order chi connectivity index (χ0) is 17.8. The highest BCUT2D eigenvalue weighted by atomic mass is 16.5. The number of hydrogen-bond acceptors (Lipinski definition) is 6. The van der Waals surface area contributed by atoms with Crippen LogP contribution >= 0.6 is 0 Å². The van der Waals surface area contributed by atoms with Crippen LogP contribution in [0.2, 0.25) is 0 Å². The minimum Gasteiger partial charge on any atom is -0.368 e. The van der Waals surface area contributed by atoms with Crippen LogP contribution in [0.25, 0.3) is 5.82 Å². The van der Waals surface area contributed by atoms with Gasteiger partial charge in [0.2, 0.25) is 0 Å². The minimum absolute atomic E-state index is 0.186. The Bertz CT molecular complexity index is 887. The minimum atomic E-state index is -0.186. The standard InChI is InChI=1S/C18H20N6O2/c25-18(17-13-5-1-2-6-14(13)26-23-17)20-8-7-19-15-11-16(22-12-21-15)24-9-3-4-10-24/h3-4,9-12H,1-2,5-8H2,(H,20,25)(H,19,21,22). The quantitative estimate of drug-likeness (QED) is 0.658. The van der Waals surface area contributed by atoms with Crippen molar-refractivity contribution < 1.29 is 9.32 Å². The van der Waals surface area contributed by atoms with Crippen LogP contribution in [0.5, 0.6) is 0 Å². The summed E-state index contributed by atoms with van der Waals surface area (Å²) >= 11 is 0. The fraction of sp³-hybridized carbons (Fsp3) is 0.333. The third-order valence-electron chi connectivity index (χ3n) is 4.40. The van der Waals surface area contributed by atoms with E-state index >= 15 is 0 Å². The van der Waals surface area contributed by atoms with Crippen molar-refractivity contribution in [2.75, 3.05) is 18.4 Å². The van der Waals surface area contributed by atoms with E-state index in [0.717, 1.165) is 42.8 Å². The van der Waals surface area contributed by atoms with Crippen LogP contribution in [0, 0.1) is 0 Å². The Hall–Kier alpha value is -3.16. The van der Waals surface area contributed by atoms with Crippen molar-refractivity contribution in [3.63, 3.8) is 0 Å². The smallest absolute Gasteiger partial charge is 0.273 e. The van der Waals surface area contributed by atoms with Crippen LogP contribution in [0.15, 0.2) is 41.4 Å². The average molecular weight is 352 g/mol. The highest BCUT2D eigenvalue weighted by Crippen LogP contribution is 2.23. The third kappa shape index (κ3) is 3.44. The molecule has 0 aromatic carbocycles. The van der Waals surface area contributed by atoms with Crippen molar-refractivity contribution in [1.82, 2.24) is 25.0 Å². The monoisotopic (exact) mass is 352 g/mol. The first-order chi connectivity index (χ1) is 12.8. The highest BCUT2D eigenvalue weighted by Gasteiger charge is 2.23. The Morgan fingerprint density at radius 1 is 1.15 bits per heavy atom. The molecule has 0 fully saturated rings. The normalized spacial score (nSPS) is 13.2. The molecule has 1 amide bonds. The maximum atomic E-state index is 12.3. The molecule has 3 aromatic rings. The summed E-state index contributed by atoms with van der Waals surface area (Å²) in [6.45, 7) is 1.01. The van der Waals surface area contributed by atoms with Gasteiger partial charge in [0.25, 0.3) is 5.91 Å². The van der Waals surface area contributed by atoms with Gasteiger partial charge >= 0.3 is 0 Å². The molecule has 0 unspecified atom stereocenters. The number of aryl methyl sites for hydroxylation is 1. The van der Waals surface area contributed by atoms with Gasteiger partial charge in [-0.25, -0.2) is 9.97 Å². The number of fused-ring (bicyclic) bond motifs is 1. The van der Waals surface area contributed by atoms with Crippen LogP contribution in [0.4, 0.5) is 5.82 Å². The number of nitrogens with one attached hydrogen (secondary N) is 2. The van der Waals surface area contributed by atoms with E-state index in [9.17, 15) is 4.79 Å². The molecule has 0 saturated carbocycles. The summed E-state index contributed by atoms with van der Waals surface area (Å²) in [6.07, 6.45) is 9.26. The lowest BCUT2D eigenvalue weighted by atomic mass is 9.96. The zero-order valence-corrected chi connectivity index (χ0v) is 14.3. The number of nitrogens with zero attached hydrogens (tertiary/aromatic N) is 4. The number of amides is 1. The van der Waals surface area contributed by atoms with Gasteiger partial charge in [-0.15, -0.1) is 0 Å². The number of rotatable bonds is 6. The summed E-state index contributed by atoms with van der Waals surface area (Å²) in [5.41, 5.74) is 1.39. The van der Waals surface area contributed by atoms with E-state index in [1.165, 1.54) is 6.33 Å². The van der Waals surface area contributed by atoms with Crippen molar-refractivity contribution in [2.24, 2.45) is 0 Å². The second-order valence-corrected chi connectivity index (χ2v) is 6.17. The van der Waals surface area contributed by atoms with Crippen molar-refractivity contribution in [2.45, 2.75) is 25.7 Å². The van der Waals surface area contributed by atoms with Gasteiger partial charge in [-0.05, 0) is 31.4 Å². The third-order valence-corrected chi connectivity index (χ3v) is 4.40. The van der Waals surface area contributed by atoms with Gasteiger partial charge in [-0.3, -0.25) is 4.79 Å². The first-order valence-electron chi connectivity index (χ1n) is 8.76. The van der Waals surface area contributed by atoms with Crippen LogP contribution in [-0.2, 0) is 12.8 Å². The van der Waals surface area contributed by atoms with Gasteiger partial charge in [-0.2, -0.15) is 0 Å².